The Kier molecular flexibility index (Phi) is 2.47. The first-order valence-electron chi connectivity index (χ1n) is 3.98. The third-order valence-electron chi connectivity index (χ3n) is 2.45. The quantitative estimate of drug-likeness (QED) is 0.635. The molecule has 0 aliphatic heterocycles. The molecule has 0 bridgehead atoms. The molecular weight excluding hydrogens is 147 g/mol. The van der Waals surface area contributed by atoms with Crippen molar-refractivity contribution in [3.8, 4) is 0 Å². The molecule has 0 aromatic rings. The highest BCUT2D eigenvalue weighted by molar-refractivity contribution is 5.70. The van der Waals surface area contributed by atoms with Crippen LogP contribution in [0.25, 0.3) is 0 Å². The lowest BCUT2D eigenvalue weighted by Crippen LogP contribution is -2.29. The maximum Gasteiger partial charge on any atom is 0.306 e. The van der Waals surface area contributed by atoms with E-state index in [4.69, 9.17) is 5.11 Å². The minimum Gasteiger partial charge on any atom is -0.481 e. The first-order valence-corrected chi connectivity index (χ1v) is 3.98. The molecule has 64 valence electrons. The Balaban J connectivity index is 2.54. The van der Waals surface area contributed by atoms with Crippen molar-refractivity contribution in [2.24, 2.45) is 11.8 Å². The van der Waals surface area contributed by atoms with E-state index in [1.807, 2.05) is 6.92 Å². The Hall–Kier alpha value is -0.600. The first-order chi connectivity index (χ1) is 5.11. The van der Waals surface area contributed by atoms with Gasteiger partial charge in [-0.15, -0.1) is 0 Å². The molecule has 2 nitrogen and oxygen atoms in total. The summed E-state index contributed by atoms with van der Waals surface area (Å²) in [6, 6.07) is 0. The van der Waals surface area contributed by atoms with Crippen molar-refractivity contribution >= 4 is 5.97 Å². The predicted octanol–water partition coefficient (Wildman–Crippen LogP) is 1.85. The van der Waals surface area contributed by atoms with Crippen LogP contribution in [0.15, 0.2) is 0 Å². The van der Waals surface area contributed by atoms with Gasteiger partial charge in [0, 0.05) is 0 Å². The second-order valence-electron chi connectivity index (χ2n) is 3.33. The molecule has 3 unspecified atom stereocenters. The topological polar surface area (TPSA) is 37.3 Å². The monoisotopic (exact) mass is 160 g/mol. The van der Waals surface area contributed by atoms with E-state index in [1.54, 1.807) is 0 Å². The largest absolute Gasteiger partial charge is 0.481 e. The highest BCUT2D eigenvalue weighted by atomic mass is 19.1. The van der Waals surface area contributed by atoms with Gasteiger partial charge in [-0.3, -0.25) is 4.79 Å². The highest BCUT2D eigenvalue weighted by Crippen LogP contribution is 2.31. The summed E-state index contributed by atoms with van der Waals surface area (Å²) >= 11 is 0. The zero-order valence-electron chi connectivity index (χ0n) is 6.59. The van der Waals surface area contributed by atoms with Crippen molar-refractivity contribution in [1.29, 1.82) is 0 Å². The van der Waals surface area contributed by atoms with Crippen LogP contribution in [0, 0.1) is 11.8 Å². The Morgan fingerprint density at radius 1 is 1.55 bits per heavy atom. The minimum absolute atomic E-state index is 0.138. The van der Waals surface area contributed by atoms with E-state index in [1.165, 1.54) is 0 Å². The molecule has 1 aliphatic carbocycles. The van der Waals surface area contributed by atoms with Crippen molar-refractivity contribution in [2.75, 3.05) is 0 Å². The number of carboxylic acid groups (broad SMARTS) is 1. The standard InChI is InChI=1S/C8H13FO2/c1-5-2-3-6(9)4-7(5)8(10)11/h5-7H,2-4H2,1H3,(H,10,11). The second-order valence-corrected chi connectivity index (χ2v) is 3.33. The van der Waals surface area contributed by atoms with E-state index in [2.05, 4.69) is 0 Å². The highest BCUT2D eigenvalue weighted by Gasteiger charge is 2.32. The molecule has 0 aromatic carbocycles. The fourth-order valence-electron chi connectivity index (χ4n) is 1.61. The van der Waals surface area contributed by atoms with Gasteiger partial charge >= 0.3 is 5.97 Å². The van der Waals surface area contributed by atoms with Gasteiger partial charge in [-0.2, -0.15) is 0 Å². The fourth-order valence-corrected chi connectivity index (χ4v) is 1.61. The van der Waals surface area contributed by atoms with Gasteiger partial charge in [0.1, 0.15) is 6.17 Å². The van der Waals surface area contributed by atoms with Crippen LogP contribution in [0.1, 0.15) is 26.2 Å². The number of aliphatic carboxylic acids is 1. The zero-order valence-corrected chi connectivity index (χ0v) is 6.59. The molecule has 0 radical (unpaired) electrons. The van der Waals surface area contributed by atoms with Gasteiger partial charge in [0.2, 0.25) is 0 Å². The third kappa shape index (κ3) is 1.91. The summed E-state index contributed by atoms with van der Waals surface area (Å²) in [5.41, 5.74) is 0. The van der Waals surface area contributed by atoms with Crippen LogP contribution in [0.5, 0.6) is 0 Å². The lowest BCUT2D eigenvalue weighted by molar-refractivity contribution is -0.145. The minimum atomic E-state index is -0.896. The summed E-state index contributed by atoms with van der Waals surface area (Å²) in [4.78, 5) is 10.5. The molecule has 1 rings (SSSR count). The molecule has 1 aliphatic rings. The van der Waals surface area contributed by atoms with Crippen molar-refractivity contribution in [3.05, 3.63) is 0 Å². The lowest BCUT2D eigenvalue weighted by Gasteiger charge is -2.27. The van der Waals surface area contributed by atoms with Gasteiger partial charge in [-0.25, -0.2) is 4.39 Å². The van der Waals surface area contributed by atoms with Gasteiger partial charge in [0.15, 0.2) is 0 Å². The van der Waals surface area contributed by atoms with E-state index < -0.39 is 18.1 Å². The van der Waals surface area contributed by atoms with Gasteiger partial charge in [0.05, 0.1) is 5.92 Å². The van der Waals surface area contributed by atoms with Crippen molar-refractivity contribution in [1.82, 2.24) is 0 Å². The molecular formula is C8H13FO2. The van der Waals surface area contributed by atoms with Gasteiger partial charge < -0.3 is 5.11 Å². The van der Waals surface area contributed by atoms with Crippen LogP contribution < -0.4 is 0 Å². The first kappa shape index (κ1) is 8.50. The molecule has 0 saturated heterocycles. The van der Waals surface area contributed by atoms with Crippen LogP contribution in [-0.4, -0.2) is 17.2 Å². The van der Waals surface area contributed by atoms with E-state index in [9.17, 15) is 9.18 Å². The molecule has 1 saturated carbocycles. The van der Waals surface area contributed by atoms with E-state index in [0.717, 1.165) is 0 Å². The van der Waals surface area contributed by atoms with Crippen LogP contribution in [0.4, 0.5) is 4.39 Å². The number of hydrogen-bond acceptors (Lipinski definition) is 1. The van der Waals surface area contributed by atoms with Crippen LogP contribution in [0.2, 0.25) is 0 Å². The lowest BCUT2D eigenvalue weighted by atomic mass is 9.80. The summed E-state index contributed by atoms with van der Waals surface area (Å²) in [6.07, 6.45) is 0.548. The molecule has 3 heteroatoms. The van der Waals surface area contributed by atoms with Gasteiger partial charge in [-0.1, -0.05) is 6.92 Å². The number of hydrogen-bond donors (Lipinski definition) is 1. The third-order valence-corrected chi connectivity index (χ3v) is 2.45. The summed E-state index contributed by atoms with van der Waals surface area (Å²) in [5.74, 6) is -1.17. The summed E-state index contributed by atoms with van der Waals surface area (Å²) in [6.45, 7) is 1.88. The molecule has 1 N–H and O–H groups in total. The molecule has 3 atom stereocenters. The molecule has 0 amide bonds. The number of carbonyl (C=O) groups is 1. The average Bonchev–Trinajstić information content (AvgIpc) is 1.94. The van der Waals surface area contributed by atoms with E-state index in [0.29, 0.717) is 12.8 Å². The fraction of sp³-hybridized carbons (Fsp3) is 0.875. The molecule has 1 fully saturated rings. The average molecular weight is 160 g/mol. The normalized spacial score (nSPS) is 38.5. The van der Waals surface area contributed by atoms with Crippen LogP contribution in [-0.2, 0) is 4.79 Å². The van der Waals surface area contributed by atoms with E-state index >= 15 is 0 Å². The molecule has 0 spiro atoms. The Morgan fingerprint density at radius 3 is 2.64 bits per heavy atom. The number of halogens is 1. The SMILES string of the molecule is CC1CCC(F)CC1C(=O)O. The zero-order chi connectivity index (χ0) is 8.43. The van der Waals surface area contributed by atoms with Crippen molar-refractivity contribution in [2.45, 2.75) is 32.4 Å². The molecule has 11 heavy (non-hydrogen) atoms. The van der Waals surface area contributed by atoms with Crippen molar-refractivity contribution in [3.63, 3.8) is 0 Å². The summed E-state index contributed by atoms with van der Waals surface area (Å²) < 4.78 is 12.7. The maximum absolute atomic E-state index is 12.7. The number of alkyl halides is 1. The summed E-state index contributed by atoms with van der Waals surface area (Å²) in [5, 5.41) is 8.66. The van der Waals surface area contributed by atoms with Gasteiger partial charge in [-0.05, 0) is 25.2 Å². The molecule has 0 aromatic heterocycles. The van der Waals surface area contributed by atoms with Crippen LogP contribution in [0.3, 0.4) is 0 Å². The Bertz CT molecular complexity index is 158. The second kappa shape index (κ2) is 3.20. The Labute approximate surface area is 65.4 Å². The maximum atomic E-state index is 12.7. The predicted molar refractivity (Wildman–Crippen MR) is 39.0 cm³/mol. The smallest absolute Gasteiger partial charge is 0.306 e. The van der Waals surface area contributed by atoms with Crippen molar-refractivity contribution < 1.29 is 14.3 Å². The van der Waals surface area contributed by atoms with Crippen LogP contribution >= 0.6 is 0 Å². The number of rotatable bonds is 1. The van der Waals surface area contributed by atoms with E-state index in [-0.39, 0.29) is 12.3 Å². The number of carboxylic acids is 1. The Morgan fingerprint density at radius 2 is 2.18 bits per heavy atom. The molecule has 0 heterocycles. The van der Waals surface area contributed by atoms with Gasteiger partial charge in [0.25, 0.3) is 0 Å². The summed E-state index contributed by atoms with van der Waals surface area (Å²) in [7, 11) is 0.